The first-order valence-electron chi connectivity index (χ1n) is 7.07. The van der Waals surface area contributed by atoms with Gasteiger partial charge in [-0.2, -0.15) is 0 Å². The van der Waals surface area contributed by atoms with Gasteiger partial charge in [0.1, 0.15) is 5.65 Å². The van der Waals surface area contributed by atoms with Crippen molar-refractivity contribution >= 4 is 18.1 Å². The van der Waals surface area contributed by atoms with E-state index >= 15 is 0 Å². The topological polar surface area (TPSA) is 49.6 Å². The Kier molecular flexibility index (Phi) is 4.98. The largest absolute Gasteiger partial charge is 0.312 e. The van der Waals surface area contributed by atoms with Crippen molar-refractivity contribution in [3.63, 3.8) is 0 Å². The number of piperazine rings is 1. The third-order valence-corrected chi connectivity index (χ3v) is 3.78. The zero-order valence-corrected chi connectivity index (χ0v) is 13.2. The monoisotopic (exact) mass is 308 g/mol. The first-order chi connectivity index (χ1) is 9.63. The molecule has 5 nitrogen and oxygen atoms in total. The lowest BCUT2D eigenvalue weighted by Crippen LogP contribution is -2.48. The second-order valence-corrected chi connectivity index (χ2v) is 5.56. The number of hydrogen-bond donors (Lipinski definition) is 1. The van der Waals surface area contributed by atoms with Crippen molar-refractivity contribution in [2.75, 3.05) is 19.6 Å². The number of aromatic nitrogens is 2. The average Bonchev–Trinajstić information content (AvgIpc) is 2.40. The molecule has 0 bridgehead atoms. The summed E-state index contributed by atoms with van der Waals surface area (Å²) in [5.41, 5.74) is 2.65. The molecule has 2 aromatic rings. The number of nitrogens with one attached hydrogen (secondary N) is 1. The lowest BCUT2D eigenvalue weighted by atomic mass is 10.2. The van der Waals surface area contributed by atoms with Crippen LogP contribution in [-0.2, 0) is 6.54 Å². The molecule has 0 amide bonds. The van der Waals surface area contributed by atoms with E-state index < -0.39 is 0 Å². The highest BCUT2D eigenvalue weighted by molar-refractivity contribution is 5.85. The third-order valence-electron chi connectivity index (χ3n) is 3.78. The van der Waals surface area contributed by atoms with E-state index in [4.69, 9.17) is 0 Å². The predicted octanol–water partition coefficient (Wildman–Crippen LogP) is 1.22. The van der Waals surface area contributed by atoms with Crippen LogP contribution in [0.5, 0.6) is 0 Å². The summed E-state index contributed by atoms with van der Waals surface area (Å²) in [6, 6.07) is 6.01. The SMILES string of the molecule is Cc1cccn2c(=O)cc(CN3CCNC(C)C3)nc12.Cl. The molecule has 114 valence electrons. The van der Waals surface area contributed by atoms with Crippen LogP contribution >= 0.6 is 12.4 Å². The van der Waals surface area contributed by atoms with Crippen LogP contribution in [0.15, 0.2) is 29.2 Å². The number of rotatable bonds is 2. The Morgan fingerprint density at radius 2 is 2.29 bits per heavy atom. The molecule has 0 radical (unpaired) electrons. The molecule has 0 saturated carbocycles. The number of halogens is 1. The molecular formula is C15H21ClN4O. The van der Waals surface area contributed by atoms with Gasteiger partial charge in [0, 0.05) is 44.5 Å². The van der Waals surface area contributed by atoms with Crippen molar-refractivity contribution in [3.8, 4) is 0 Å². The molecule has 1 aliphatic heterocycles. The van der Waals surface area contributed by atoms with Gasteiger partial charge in [-0.1, -0.05) is 6.07 Å². The van der Waals surface area contributed by atoms with E-state index in [1.807, 2.05) is 19.1 Å². The summed E-state index contributed by atoms with van der Waals surface area (Å²) in [5, 5.41) is 3.42. The predicted molar refractivity (Wildman–Crippen MR) is 86.2 cm³/mol. The van der Waals surface area contributed by atoms with Crippen molar-refractivity contribution in [2.45, 2.75) is 26.4 Å². The molecule has 1 fully saturated rings. The average molecular weight is 309 g/mol. The second-order valence-electron chi connectivity index (χ2n) is 5.56. The Bertz CT molecular complexity index is 685. The van der Waals surface area contributed by atoms with Crippen molar-refractivity contribution in [1.82, 2.24) is 19.6 Å². The minimum Gasteiger partial charge on any atom is -0.312 e. The minimum absolute atomic E-state index is 0. The molecular weight excluding hydrogens is 288 g/mol. The maximum Gasteiger partial charge on any atom is 0.258 e. The highest BCUT2D eigenvalue weighted by atomic mass is 35.5. The minimum atomic E-state index is -0.00289. The standard InChI is InChI=1S/C15H20N4O.ClH/c1-11-4-3-6-19-14(20)8-13(17-15(11)19)10-18-7-5-16-12(2)9-18;/h3-4,6,8,12,16H,5,7,9-10H2,1-2H3;1H. The molecule has 3 heterocycles. The maximum atomic E-state index is 12.1. The van der Waals surface area contributed by atoms with Crippen LogP contribution in [0.3, 0.4) is 0 Å². The van der Waals surface area contributed by atoms with Gasteiger partial charge in [-0.05, 0) is 25.5 Å². The quantitative estimate of drug-likeness (QED) is 0.906. The molecule has 0 aromatic carbocycles. The van der Waals surface area contributed by atoms with E-state index in [9.17, 15) is 4.79 Å². The first kappa shape index (κ1) is 15.9. The Morgan fingerprint density at radius 3 is 3.05 bits per heavy atom. The van der Waals surface area contributed by atoms with Crippen LogP contribution < -0.4 is 10.9 Å². The van der Waals surface area contributed by atoms with Gasteiger partial charge in [0.15, 0.2) is 0 Å². The lowest BCUT2D eigenvalue weighted by Gasteiger charge is -2.31. The maximum absolute atomic E-state index is 12.1. The Morgan fingerprint density at radius 1 is 1.48 bits per heavy atom. The van der Waals surface area contributed by atoms with E-state index in [0.29, 0.717) is 6.04 Å². The zero-order valence-electron chi connectivity index (χ0n) is 12.4. The molecule has 0 aliphatic carbocycles. The van der Waals surface area contributed by atoms with E-state index in [2.05, 4.69) is 22.1 Å². The fraction of sp³-hybridized carbons (Fsp3) is 0.467. The van der Waals surface area contributed by atoms with Crippen LogP contribution in [0.2, 0.25) is 0 Å². The van der Waals surface area contributed by atoms with Crippen molar-refractivity contribution in [2.24, 2.45) is 0 Å². The third kappa shape index (κ3) is 3.43. The molecule has 1 aliphatic rings. The van der Waals surface area contributed by atoms with Crippen LogP contribution in [0.1, 0.15) is 18.2 Å². The number of pyridine rings is 1. The van der Waals surface area contributed by atoms with Crippen LogP contribution in [0.25, 0.3) is 5.65 Å². The van der Waals surface area contributed by atoms with Crippen molar-refractivity contribution in [1.29, 1.82) is 0 Å². The summed E-state index contributed by atoms with van der Waals surface area (Å²) < 4.78 is 1.61. The number of aryl methyl sites for hydroxylation is 1. The summed E-state index contributed by atoms with van der Waals surface area (Å²) in [6.45, 7) is 7.89. The molecule has 1 N–H and O–H groups in total. The first-order valence-corrected chi connectivity index (χ1v) is 7.07. The zero-order chi connectivity index (χ0) is 14.1. The molecule has 1 saturated heterocycles. The molecule has 1 atom stereocenters. The van der Waals surface area contributed by atoms with Crippen molar-refractivity contribution < 1.29 is 0 Å². The smallest absolute Gasteiger partial charge is 0.258 e. The fourth-order valence-corrected chi connectivity index (χ4v) is 2.77. The number of hydrogen-bond acceptors (Lipinski definition) is 4. The van der Waals surface area contributed by atoms with Gasteiger partial charge in [-0.25, -0.2) is 4.98 Å². The van der Waals surface area contributed by atoms with Crippen LogP contribution in [0.4, 0.5) is 0 Å². The van der Waals surface area contributed by atoms with Crippen LogP contribution in [0, 0.1) is 6.92 Å². The summed E-state index contributed by atoms with van der Waals surface area (Å²) >= 11 is 0. The highest BCUT2D eigenvalue weighted by Crippen LogP contribution is 2.08. The molecule has 21 heavy (non-hydrogen) atoms. The summed E-state index contributed by atoms with van der Waals surface area (Å²) in [4.78, 5) is 19.2. The number of nitrogens with zero attached hydrogens (tertiary/aromatic N) is 3. The van der Waals surface area contributed by atoms with E-state index in [1.54, 1.807) is 16.7 Å². The lowest BCUT2D eigenvalue weighted by molar-refractivity contribution is 0.197. The molecule has 3 rings (SSSR count). The Labute approximate surface area is 130 Å². The summed E-state index contributed by atoms with van der Waals surface area (Å²) in [6.07, 6.45) is 1.77. The highest BCUT2D eigenvalue weighted by Gasteiger charge is 2.16. The van der Waals surface area contributed by atoms with Crippen LogP contribution in [-0.4, -0.2) is 40.0 Å². The summed E-state index contributed by atoms with van der Waals surface area (Å²) in [5.74, 6) is 0. The van der Waals surface area contributed by atoms with Gasteiger partial charge in [-0.3, -0.25) is 14.1 Å². The molecule has 1 unspecified atom stereocenters. The molecule has 2 aromatic heterocycles. The van der Waals surface area contributed by atoms with E-state index in [0.717, 1.165) is 43.1 Å². The molecule has 6 heteroatoms. The van der Waals surface area contributed by atoms with Gasteiger partial charge in [0.25, 0.3) is 5.56 Å². The van der Waals surface area contributed by atoms with Gasteiger partial charge < -0.3 is 5.32 Å². The van der Waals surface area contributed by atoms with Gasteiger partial charge in [-0.15, -0.1) is 12.4 Å². The summed E-state index contributed by atoms with van der Waals surface area (Å²) in [7, 11) is 0. The number of fused-ring (bicyclic) bond motifs is 1. The van der Waals surface area contributed by atoms with Gasteiger partial charge in [0.05, 0.1) is 5.69 Å². The van der Waals surface area contributed by atoms with E-state index in [-0.39, 0.29) is 18.0 Å². The van der Waals surface area contributed by atoms with Gasteiger partial charge >= 0.3 is 0 Å². The van der Waals surface area contributed by atoms with Crippen molar-refractivity contribution in [3.05, 3.63) is 46.0 Å². The second kappa shape index (κ2) is 6.56. The Balaban J connectivity index is 0.00000161. The van der Waals surface area contributed by atoms with Gasteiger partial charge in [0.2, 0.25) is 0 Å². The molecule has 0 spiro atoms. The van der Waals surface area contributed by atoms with E-state index in [1.165, 1.54) is 0 Å². The Hall–Kier alpha value is -1.43. The normalized spacial score (nSPS) is 19.4. The fourth-order valence-electron chi connectivity index (χ4n) is 2.77.